The average molecular weight is 344 g/mol. The van der Waals surface area contributed by atoms with Crippen molar-refractivity contribution in [2.24, 2.45) is 0 Å². The van der Waals surface area contributed by atoms with Crippen molar-refractivity contribution in [2.45, 2.75) is 6.92 Å². The first-order valence-corrected chi connectivity index (χ1v) is 7.85. The van der Waals surface area contributed by atoms with Crippen molar-refractivity contribution in [3.8, 4) is 28.3 Å². The molecule has 2 heterocycles. The molecule has 0 unspecified atom stereocenters. The number of hydrogen-bond donors (Lipinski definition) is 0. The number of nitrogens with zero attached hydrogens (tertiary/aromatic N) is 2. The Labute approximate surface area is 148 Å². The topological polar surface area (TPSA) is 86.2 Å². The Balaban J connectivity index is 1.88. The first-order chi connectivity index (χ1) is 12.6. The van der Waals surface area contributed by atoms with E-state index in [0.29, 0.717) is 29.2 Å². The van der Waals surface area contributed by atoms with Gasteiger partial charge in [0.15, 0.2) is 0 Å². The van der Waals surface area contributed by atoms with Crippen LogP contribution in [0.25, 0.3) is 22.5 Å². The van der Waals surface area contributed by atoms with Crippen molar-refractivity contribution >= 4 is 18.0 Å². The average Bonchev–Trinajstić information content (AvgIpc) is 2.65. The number of carbonyl (C=O) groups is 3. The number of aryl methyl sites for hydroxylation is 1. The number of fused-ring (bicyclic) bond motifs is 3. The van der Waals surface area contributed by atoms with Crippen LogP contribution in [0, 0.1) is 6.92 Å². The molecule has 26 heavy (non-hydrogen) atoms. The van der Waals surface area contributed by atoms with Gasteiger partial charge in [0, 0.05) is 18.0 Å². The summed E-state index contributed by atoms with van der Waals surface area (Å²) in [5.74, 6) is -0.803. The summed E-state index contributed by atoms with van der Waals surface area (Å²) < 4.78 is 4.91. The van der Waals surface area contributed by atoms with Crippen LogP contribution in [-0.2, 0) is 4.79 Å². The third kappa shape index (κ3) is 2.48. The number of ether oxygens (including phenoxy) is 1. The summed E-state index contributed by atoms with van der Waals surface area (Å²) >= 11 is 0. The molecule has 0 aliphatic heterocycles. The Hall–Kier alpha value is -3.67. The molecular weight excluding hydrogens is 332 g/mol. The zero-order valence-electron chi connectivity index (χ0n) is 13.7. The van der Waals surface area contributed by atoms with Crippen LogP contribution in [0.1, 0.15) is 26.3 Å². The molecular formula is C20H12N2O4. The highest BCUT2D eigenvalue weighted by atomic mass is 16.5. The standard InChI is InChI=1S/C20H12N2O4/c1-11-5-12(7-14(6-11)26-10-23)13-8-16-18(22-9-13)17-15(3-2-4-21-17)19(24)20(16)25/h2-10H,1H3. The predicted octanol–water partition coefficient (Wildman–Crippen LogP) is 3.03. The molecule has 0 amide bonds. The largest absolute Gasteiger partial charge is 0.429 e. The molecule has 0 fully saturated rings. The van der Waals surface area contributed by atoms with E-state index < -0.39 is 11.6 Å². The minimum atomic E-state index is -0.605. The molecule has 0 saturated heterocycles. The third-order valence-corrected chi connectivity index (χ3v) is 4.18. The summed E-state index contributed by atoms with van der Waals surface area (Å²) in [6, 6.07) is 10.1. The van der Waals surface area contributed by atoms with Crippen molar-refractivity contribution in [2.75, 3.05) is 0 Å². The van der Waals surface area contributed by atoms with Gasteiger partial charge in [0.1, 0.15) is 17.1 Å². The van der Waals surface area contributed by atoms with Crippen LogP contribution in [-0.4, -0.2) is 28.0 Å². The van der Waals surface area contributed by atoms with Gasteiger partial charge in [-0.15, -0.1) is 0 Å². The number of pyridine rings is 2. The predicted molar refractivity (Wildman–Crippen MR) is 93.0 cm³/mol. The summed E-state index contributed by atoms with van der Waals surface area (Å²) in [6.07, 6.45) is 3.17. The second-order valence-corrected chi connectivity index (χ2v) is 5.93. The summed E-state index contributed by atoms with van der Waals surface area (Å²) in [4.78, 5) is 44.0. The zero-order chi connectivity index (χ0) is 18.3. The van der Waals surface area contributed by atoms with Crippen molar-refractivity contribution in [3.05, 3.63) is 65.5 Å². The van der Waals surface area contributed by atoms with Crippen LogP contribution in [0.3, 0.4) is 0 Å². The van der Waals surface area contributed by atoms with E-state index >= 15 is 0 Å². The van der Waals surface area contributed by atoms with Crippen molar-refractivity contribution < 1.29 is 19.1 Å². The Bertz CT molecular complexity index is 1090. The Morgan fingerprint density at radius 1 is 0.923 bits per heavy atom. The van der Waals surface area contributed by atoms with Crippen molar-refractivity contribution in [1.82, 2.24) is 9.97 Å². The van der Waals surface area contributed by atoms with Crippen LogP contribution >= 0.6 is 0 Å². The number of Topliss-reactive ketones (excluding diaryl/α,β-unsaturated/α-hetero) is 2. The monoisotopic (exact) mass is 344 g/mol. The summed E-state index contributed by atoms with van der Waals surface area (Å²) in [6.45, 7) is 2.22. The SMILES string of the molecule is Cc1cc(OC=O)cc(-c2cnc3c(c2)C(=O)C(=O)c2cccnc2-3)c1. The van der Waals surface area contributed by atoms with Crippen LogP contribution in [0.5, 0.6) is 5.75 Å². The lowest BCUT2D eigenvalue weighted by atomic mass is 9.89. The van der Waals surface area contributed by atoms with Gasteiger partial charge in [-0.1, -0.05) is 6.07 Å². The van der Waals surface area contributed by atoms with E-state index in [1.807, 2.05) is 13.0 Å². The van der Waals surface area contributed by atoms with Gasteiger partial charge in [-0.3, -0.25) is 24.4 Å². The van der Waals surface area contributed by atoms with Gasteiger partial charge in [-0.2, -0.15) is 0 Å². The number of carbonyl (C=O) groups excluding carboxylic acids is 3. The fourth-order valence-corrected chi connectivity index (χ4v) is 3.04. The van der Waals surface area contributed by atoms with E-state index in [4.69, 9.17) is 4.74 Å². The van der Waals surface area contributed by atoms with Crippen LogP contribution in [0.15, 0.2) is 48.8 Å². The van der Waals surface area contributed by atoms with Gasteiger partial charge in [0.2, 0.25) is 11.6 Å². The second-order valence-electron chi connectivity index (χ2n) is 5.93. The fraction of sp³-hybridized carbons (Fsp3) is 0.0500. The Morgan fingerprint density at radius 3 is 2.50 bits per heavy atom. The molecule has 3 aromatic rings. The lowest BCUT2D eigenvalue weighted by molar-refractivity contribution is -0.120. The molecule has 0 radical (unpaired) electrons. The van der Waals surface area contributed by atoms with Gasteiger partial charge in [-0.25, -0.2) is 0 Å². The highest BCUT2D eigenvalue weighted by Crippen LogP contribution is 2.33. The molecule has 0 spiro atoms. The number of rotatable bonds is 3. The molecule has 1 aromatic carbocycles. The molecule has 0 bridgehead atoms. The van der Waals surface area contributed by atoms with E-state index in [-0.39, 0.29) is 11.1 Å². The van der Waals surface area contributed by atoms with Gasteiger partial charge in [-0.05, 0) is 48.4 Å². The van der Waals surface area contributed by atoms with E-state index in [0.717, 1.165) is 11.1 Å². The van der Waals surface area contributed by atoms with Gasteiger partial charge in [0.25, 0.3) is 6.47 Å². The fourth-order valence-electron chi connectivity index (χ4n) is 3.04. The van der Waals surface area contributed by atoms with E-state index in [1.165, 1.54) is 0 Å². The summed E-state index contributed by atoms with van der Waals surface area (Å²) in [5, 5.41) is 0. The molecule has 1 aliphatic carbocycles. The highest BCUT2D eigenvalue weighted by Gasteiger charge is 2.32. The van der Waals surface area contributed by atoms with Crippen LogP contribution in [0.2, 0.25) is 0 Å². The molecule has 0 saturated carbocycles. The maximum absolute atomic E-state index is 12.5. The molecule has 0 atom stereocenters. The third-order valence-electron chi connectivity index (χ3n) is 4.18. The maximum atomic E-state index is 12.5. The molecule has 6 heteroatoms. The number of aromatic nitrogens is 2. The minimum Gasteiger partial charge on any atom is -0.429 e. The zero-order valence-corrected chi connectivity index (χ0v) is 13.7. The van der Waals surface area contributed by atoms with Crippen molar-refractivity contribution in [3.63, 3.8) is 0 Å². The summed E-state index contributed by atoms with van der Waals surface area (Å²) in [5.41, 5.74) is 3.54. The quantitative estimate of drug-likeness (QED) is 0.536. The summed E-state index contributed by atoms with van der Waals surface area (Å²) in [7, 11) is 0. The van der Waals surface area contributed by atoms with Gasteiger partial charge < -0.3 is 4.74 Å². The normalized spacial score (nSPS) is 12.3. The number of benzene rings is 1. The second kappa shape index (κ2) is 6.00. The molecule has 6 nitrogen and oxygen atoms in total. The molecule has 0 N–H and O–H groups in total. The first-order valence-electron chi connectivity index (χ1n) is 7.85. The smallest absolute Gasteiger partial charge is 0.298 e. The lowest BCUT2D eigenvalue weighted by Crippen LogP contribution is -2.22. The van der Waals surface area contributed by atoms with Crippen molar-refractivity contribution in [1.29, 1.82) is 0 Å². The number of ketones is 2. The molecule has 2 aromatic heterocycles. The van der Waals surface area contributed by atoms with E-state index in [1.54, 1.807) is 42.7 Å². The highest BCUT2D eigenvalue weighted by molar-refractivity contribution is 6.52. The van der Waals surface area contributed by atoms with Crippen LogP contribution < -0.4 is 4.74 Å². The Kier molecular flexibility index (Phi) is 3.65. The minimum absolute atomic E-state index is 0.220. The molecule has 126 valence electrons. The Morgan fingerprint density at radius 2 is 1.69 bits per heavy atom. The number of hydrogen-bond acceptors (Lipinski definition) is 6. The van der Waals surface area contributed by atoms with E-state index in [9.17, 15) is 14.4 Å². The van der Waals surface area contributed by atoms with Crippen LogP contribution in [0.4, 0.5) is 0 Å². The van der Waals surface area contributed by atoms with E-state index in [2.05, 4.69) is 9.97 Å². The molecule has 1 aliphatic rings. The maximum Gasteiger partial charge on any atom is 0.298 e. The lowest BCUT2D eigenvalue weighted by Gasteiger charge is -2.16. The first kappa shape index (κ1) is 15.8. The molecule has 4 rings (SSSR count). The van der Waals surface area contributed by atoms with Gasteiger partial charge >= 0.3 is 0 Å². The van der Waals surface area contributed by atoms with Gasteiger partial charge in [0.05, 0.1) is 11.1 Å².